The highest BCUT2D eigenvalue weighted by molar-refractivity contribution is 5.76. The van der Waals surface area contributed by atoms with Crippen LogP contribution in [0.4, 0.5) is 0 Å². The minimum absolute atomic E-state index is 0.0428. The molecule has 52 valence electrons. The average molecular weight is 131 g/mol. The van der Waals surface area contributed by atoms with Crippen LogP contribution in [0.3, 0.4) is 0 Å². The molecule has 1 amide bonds. The third-order valence-electron chi connectivity index (χ3n) is 0.878. The van der Waals surface area contributed by atoms with E-state index < -0.39 is 12.0 Å². The molecule has 4 nitrogen and oxygen atoms in total. The van der Waals surface area contributed by atoms with Gasteiger partial charge in [0.1, 0.15) is 0 Å². The lowest BCUT2D eigenvalue weighted by molar-refractivity contribution is -0.118. The zero-order valence-corrected chi connectivity index (χ0v) is 5.20. The Morgan fingerprint density at radius 3 is 2.67 bits per heavy atom. The highest BCUT2D eigenvalue weighted by atomic mass is 16.3. The molecule has 0 aromatic heterocycles. The van der Waals surface area contributed by atoms with Crippen molar-refractivity contribution in [3.05, 3.63) is 4.91 Å². The summed E-state index contributed by atoms with van der Waals surface area (Å²) >= 11 is 0. The maximum Gasteiger partial charge on any atom is 0.286 e. The Morgan fingerprint density at radius 1 is 1.78 bits per heavy atom. The van der Waals surface area contributed by atoms with E-state index in [4.69, 9.17) is 5.11 Å². The number of amides is 1. The summed E-state index contributed by atoms with van der Waals surface area (Å²) < 4.78 is 0. The van der Waals surface area contributed by atoms with Gasteiger partial charge in [-0.3, -0.25) is 4.79 Å². The lowest BCUT2D eigenvalue weighted by atomic mass is 10.2. The minimum atomic E-state index is -0.698. The molecule has 0 aromatic rings. The highest BCUT2D eigenvalue weighted by Gasteiger charge is 2.02. The predicted octanol–water partition coefficient (Wildman–Crippen LogP) is 0.440. The molecule has 0 aliphatic heterocycles. The van der Waals surface area contributed by atoms with Crippen molar-refractivity contribution in [3.8, 4) is 0 Å². The Balaban J connectivity index is 3.27. The fraction of sp³-hybridized carbons (Fsp3) is 0.800. The molecule has 1 N–H and O–H groups in total. The van der Waals surface area contributed by atoms with Gasteiger partial charge in [-0.25, -0.2) is 0 Å². The molecule has 0 aliphatic carbocycles. The smallest absolute Gasteiger partial charge is 0.286 e. The number of hydrogen-bond donors (Lipinski definition) is 1. The summed E-state index contributed by atoms with van der Waals surface area (Å²) in [5.74, 6) is -0.698. The maximum atomic E-state index is 10.1. The van der Waals surface area contributed by atoms with Crippen LogP contribution in [0.2, 0.25) is 0 Å². The quantitative estimate of drug-likeness (QED) is 0.565. The van der Waals surface area contributed by atoms with Gasteiger partial charge in [0.2, 0.25) is 0 Å². The second kappa shape index (κ2) is 4.14. The van der Waals surface area contributed by atoms with Gasteiger partial charge in [0.15, 0.2) is 0 Å². The molecule has 0 saturated heterocycles. The fourth-order valence-electron chi connectivity index (χ4n) is 0.378. The molecule has 0 radical (unpaired) electrons. The van der Waals surface area contributed by atoms with Crippen molar-refractivity contribution in [2.24, 2.45) is 5.18 Å². The van der Waals surface area contributed by atoms with E-state index in [1.165, 1.54) is 0 Å². The van der Waals surface area contributed by atoms with E-state index in [0.29, 0.717) is 6.42 Å². The number of aliphatic hydroxyl groups is 1. The van der Waals surface area contributed by atoms with Crippen LogP contribution < -0.4 is 0 Å². The molecule has 4 heteroatoms. The highest BCUT2D eigenvalue weighted by Crippen LogP contribution is 1.96. The first-order chi connectivity index (χ1) is 4.16. The summed E-state index contributed by atoms with van der Waals surface area (Å²) in [6.45, 7) is 1.55. The first kappa shape index (κ1) is 8.23. The number of aliphatic hydroxyl groups excluding tert-OH is 1. The van der Waals surface area contributed by atoms with Gasteiger partial charge < -0.3 is 5.11 Å². The monoisotopic (exact) mass is 131 g/mol. The largest absolute Gasteiger partial charge is 0.393 e. The van der Waals surface area contributed by atoms with Gasteiger partial charge in [0, 0.05) is 11.6 Å². The first-order valence-corrected chi connectivity index (χ1v) is 2.71. The Bertz CT molecular complexity index is 111. The molecule has 0 heterocycles. The van der Waals surface area contributed by atoms with Crippen molar-refractivity contribution in [1.82, 2.24) is 0 Å². The van der Waals surface area contributed by atoms with Crippen molar-refractivity contribution in [3.63, 3.8) is 0 Å². The molecule has 0 aliphatic rings. The molecular weight excluding hydrogens is 122 g/mol. The zero-order valence-electron chi connectivity index (χ0n) is 5.20. The molecule has 0 fully saturated rings. The van der Waals surface area contributed by atoms with Crippen LogP contribution in [0.15, 0.2) is 5.18 Å². The van der Waals surface area contributed by atoms with E-state index in [1.807, 2.05) is 0 Å². The van der Waals surface area contributed by atoms with Crippen LogP contribution in [-0.4, -0.2) is 17.1 Å². The molecule has 0 bridgehead atoms. The van der Waals surface area contributed by atoms with Crippen LogP contribution in [0.25, 0.3) is 0 Å². The van der Waals surface area contributed by atoms with Gasteiger partial charge in [0.25, 0.3) is 5.91 Å². The summed E-state index contributed by atoms with van der Waals surface area (Å²) in [6, 6.07) is 0. The third kappa shape index (κ3) is 5.10. The summed E-state index contributed by atoms with van der Waals surface area (Å²) in [7, 11) is 0. The molecule has 0 rings (SSSR count). The molecule has 9 heavy (non-hydrogen) atoms. The van der Waals surface area contributed by atoms with Gasteiger partial charge in [-0.05, 0) is 13.3 Å². The number of carbonyl (C=O) groups is 1. The first-order valence-electron chi connectivity index (χ1n) is 2.71. The van der Waals surface area contributed by atoms with Crippen LogP contribution >= 0.6 is 0 Å². The molecule has 1 unspecified atom stereocenters. The van der Waals surface area contributed by atoms with Crippen LogP contribution in [0.1, 0.15) is 19.8 Å². The van der Waals surface area contributed by atoms with E-state index in [1.54, 1.807) is 6.92 Å². The van der Waals surface area contributed by atoms with Crippen molar-refractivity contribution < 1.29 is 9.90 Å². The van der Waals surface area contributed by atoms with Crippen molar-refractivity contribution in [2.75, 3.05) is 0 Å². The molecule has 1 atom stereocenters. The standard InChI is InChI=1S/C5H9NO3/c1-4(7)2-3-5(8)6-9/h4,7H,2-3H2,1H3. The number of carbonyl (C=O) groups excluding carboxylic acids is 1. The van der Waals surface area contributed by atoms with E-state index in [2.05, 4.69) is 5.18 Å². The second-order valence-corrected chi connectivity index (χ2v) is 1.87. The van der Waals surface area contributed by atoms with Crippen molar-refractivity contribution in [2.45, 2.75) is 25.9 Å². The Kier molecular flexibility index (Phi) is 3.79. The van der Waals surface area contributed by atoms with Gasteiger partial charge >= 0.3 is 0 Å². The SMILES string of the molecule is CC(O)CCC(=O)N=O. The average Bonchev–Trinajstić information content (AvgIpc) is 1.83. The van der Waals surface area contributed by atoms with E-state index >= 15 is 0 Å². The van der Waals surface area contributed by atoms with E-state index in [0.717, 1.165) is 0 Å². The summed E-state index contributed by atoms with van der Waals surface area (Å²) in [5, 5.41) is 10.8. The number of nitroso groups, excluding NO2 is 1. The van der Waals surface area contributed by atoms with Gasteiger partial charge in [-0.2, -0.15) is 0 Å². The lowest BCUT2D eigenvalue weighted by Gasteiger charge is -1.96. The number of rotatable bonds is 3. The molecule has 0 saturated carbocycles. The normalized spacial score (nSPS) is 12.7. The predicted molar refractivity (Wildman–Crippen MR) is 31.7 cm³/mol. The Hall–Kier alpha value is -0.770. The molecule has 0 spiro atoms. The lowest BCUT2D eigenvalue weighted by Crippen LogP contribution is -2.02. The molecule has 0 aromatic carbocycles. The Morgan fingerprint density at radius 2 is 2.33 bits per heavy atom. The van der Waals surface area contributed by atoms with E-state index in [9.17, 15) is 9.70 Å². The van der Waals surface area contributed by atoms with Crippen LogP contribution in [-0.2, 0) is 4.79 Å². The summed E-state index contributed by atoms with van der Waals surface area (Å²) in [5.41, 5.74) is 0. The Labute approximate surface area is 52.8 Å². The zero-order chi connectivity index (χ0) is 7.28. The molecular formula is C5H9NO3. The second-order valence-electron chi connectivity index (χ2n) is 1.87. The van der Waals surface area contributed by atoms with Crippen LogP contribution in [0, 0.1) is 4.91 Å². The van der Waals surface area contributed by atoms with Gasteiger partial charge in [-0.1, -0.05) is 0 Å². The number of nitrogens with zero attached hydrogens (tertiary/aromatic N) is 1. The van der Waals surface area contributed by atoms with Gasteiger partial charge in [0.05, 0.1) is 6.10 Å². The topological polar surface area (TPSA) is 66.7 Å². The van der Waals surface area contributed by atoms with Crippen molar-refractivity contribution in [1.29, 1.82) is 0 Å². The summed E-state index contributed by atoms with van der Waals surface area (Å²) in [6.07, 6.45) is -0.179. The maximum absolute atomic E-state index is 10.1. The fourth-order valence-corrected chi connectivity index (χ4v) is 0.378. The van der Waals surface area contributed by atoms with Gasteiger partial charge in [-0.15, -0.1) is 4.91 Å². The van der Waals surface area contributed by atoms with Crippen LogP contribution in [0.5, 0.6) is 0 Å². The summed E-state index contributed by atoms with van der Waals surface area (Å²) in [4.78, 5) is 19.6. The third-order valence-corrected chi connectivity index (χ3v) is 0.878. The minimum Gasteiger partial charge on any atom is -0.393 e. The van der Waals surface area contributed by atoms with Crippen molar-refractivity contribution >= 4 is 5.91 Å². The van der Waals surface area contributed by atoms with E-state index in [-0.39, 0.29) is 6.42 Å². The number of hydrogen-bond acceptors (Lipinski definition) is 3.